The summed E-state index contributed by atoms with van der Waals surface area (Å²) < 4.78 is 7.78. The second-order valence-electron chi connectivity index (χ2n) is 9.81. The van der Waals surface area contributed by atoms with Crippen LogP contribution in [0.15, 0.2) is 16.5 Å². The molecule has 1 aliphatic carbocycles. The molecule has 0 spiro atoms. The molecule has 1 saturated heterocycles. The number of nitrogens with zero attached hydrogens (tertiary/aromatic N) is 3. The standard InChI is InChI=1S/C24H34N4O3/c1-17-14-19-21(31-17)15-20-22(29)28(13-12-26-10-6-7-11-26)24(2,16-27(19)20)23(30)25-18-8-4-3-5-9-18/h14-15,18H,3-13,16H2,1-2H3,(H,25,30). The molecular formula is C24H34N4O3. The number of rotatable bonds is 5. The third-order valence-electron chi connectivity index (χ3n) is 7.51. The van der Waals surface area contributed by atoms with Crippen molar-refractivity contribution >= 4 is 22.9 Å². The van der Waals surface area contributed by atoms with E-state index in [1.54, 1.807) is 0 Å². The Kier molecular flexibility index (Phi) is 5.32. The maximum absolute atomic E-state index is 13.7. The van der Waals surface area contributed by atoms with Crippen molar-refractivity contribution in [2.45, 2.75) is 76.9 Å². The van der Waals surface area contributed by atoms with Gasteiger partial charge in [0, 0.05) is 31.3 Å². The van der Waals surface area contributed by atoms with Crippen molar-refractivity contribution in [1.29, 1.82) is 0 Å². The first kappa shape index (κ1) is 20.6. The third-order valence-corrected chi connectivity index (χ3v) is 7.51. The first-order valence-corrected chi connectivity index (χ1v) is 11.9. The highest BCUT2D eigenvalue weighted by Crippen LogP contribution is 2.34. The number of fused-ring (bicyclic) bond motifs is 3. The molecule has 0 aromatic carbocycles. The summed E-state index contributed by atoms with van der Waals surface area (Å²) in [6.07, 6.45) is 8.06. The summed E-state index contributed by atoms with van der Waals surface area (Å²) in [6.45, 7) is 7.84. The molecule has 2 aromatic heterocycles. The van der Waals surface area contributed by atoms with Gasteiger partial charge in [-0.1, -0.05) is 19.3 Å². The van der Waals surface area contributed by atoms with E-state index in [4.69, 9.17) is 4.42 Å². The summed E-state index contributed by atoms with van der Waals surface area (Å²) in [7, 11) is 0. The van der Waals surface area contributed by atoms with E-state index in [1.807, 2.05) is 35.4 Å². The molecule has 1 unspecified atom stereocenters. The van der Waals surface area contributed by atoms with Crippen LogP contribution in [-0.2, 0) is 11.3 Å². The zero-order valence-electron chi connectivity index (χ0n) is 18.8. The fourth-order valence-electron chi connectivity index (χ4n) is 5.65. The van der Waals surface area contributed by atoms with E-state index in [9.17, 15) is 9.59 Å². The first-order chi connectivity index (χ1) is 15.0. The average Bonchev–Trinajstić information content (AvgIpc) is 3.46. The Balaban J connectivity index is 1.46. The van der Waals surface area contributed by atoms with Gasteiger partial charge in [0.2, 0.25) is 5.91 Å². The number of amides is 2. The molecule has 1 atom stereocenters. The van der Waals surface area contributed by atoms with E-state index >= 15 is 0 Å². The lowest BCUT2D eigenvalue weighted by Gasteiger charge is -2.45. The van der Waals surface area contributed by atoms with Crippen molar-refractivity contribution in [2.75, 3.05) is 26.2 Å². The largest absolute Gasteiger partial charge is 0.460 e. The van der Waals surface area contributed by atoms with Crippen LogP contribution in [0.2, 0.25) is 0 Å². The number of likely N-dealkylation sites (tertiary alicyclic amines) is 1. The number of aromatic nitrogens is 1. The summed E-state index contributed by atoms with van der Waals surface area (Å²) in [6, 6.07) is 4.02. The van der Waals surface area contributed by atoms with Gasteiger partial charge in [-0.2, -0.15) is 0 Å². The topological polar surface area (TPSA) is 70.7 Å². The van der Waals surface area contributed by atoms with Crippen LogP contribution in [0.3, 0.4) is 0 Å². The van der Waals surface area contributed by atoms with Gasteiger partial charge in [0.05, 0.1) is 12.1 Å². The highest BCUT2D eigenvalue weighted by Gasteiger charge is 2.48. The predicted molar refractivity (Wildman–Crippen MR) is 119 cm³/mol. The Bertz CT molecular complexity index is 981. The van der Waals surface area contributed by atoms with Gasteiger partial charge in [-0.3, -0.25) is 9.59 Å². The second kappa shape index (κ2) is 8.01. The summed E-state index contributed by atoms with van der Waals surface area (Å²) >= 11 is 0. The van der Waals surface area contributed by atoms with E-state index in [1.165, 1.54) is 19.3 Å². The first-order valence-electron chi connectivity index (χ1n) is 11.9. The number of aryl methyl sites for hydroxylation is 1. The third kappa shape index (κ3) is 3.67. The van der Waals surface area contributed by atoms with Crippen LogP contribution in [0.1, 0.15) is 68.1 Å². The minimum absolute atomic E-state index is 0.0260. The quantitative estimate of drug-likeness (QED) is 0.796. The lowest BCUT2D eigenvalue weighted by atomic mass is 9.91. The molecule has 2 aliphatic heterocycles. The molecule has 2 amide bonds. The number of hydrogen-bond acceptors (Lipinski definition) is 4. The molecule has 3 aliphatic rings. The number of furan rings is 1. The Morgan fingerprint density at radius 3 is 2.61 bits per heavy atom. The fourth-order valence-corrected chi connectivity index (χ4v) is 5.65. The number of carbonyl (C=O) groups excluding carboxylic acids is 2. The summed E-state index contributed by atoms with van der Waals surface area (Å²) in [5.74, 6) is 0.718. The van der Waals surface area contributed by atoms with Gasteiger partial charge in [-0.05, 0) is 52.6 Å². The molecule has 7 heteroatoms. The Morgan fingerprint density at radius 1 is 1.13 bits per heavy atom. The lowest BCUT2D eigenvalue weighted by Crippen LogP contribution is -2.65. The molecule has 2 aromatic rings. The van der Waals surface area contributed by atoms with Crippen molar-refractivity contribution in [2.24, 2.45) is 0 Å². The number of hydrogen-bond donors (Lipinski definition) is 1. The predicted octanol–water partition coefficient (Wildman–Crippen LogP) is 3.30. The smallest absolute Gasteiger partial charge is 0.271 e. The second-order valence-corrected chi connectivity index (χ2v) is 9.81. The Labute approximate surface area is 183 Å². The summed E-state index contributed by atoms with van der Waals surface area (Å²) in [4.78, 5) is 31.5. The maximum atomic E-state index is 13.7. The summed E-state index contributed by atoms with van der Waals surface area (Å²) in [5.41, 5.74) is 1.32. The van der Waals surface area contributed by atoms with Gasteiger partial charge in [0.25, 0.3) is 5.91 Å². The van der Waals surface area contributed by atoms with Crippen molar-refractivity contribution in [3.8, 4) is 0 Å². The SMILES string of the molecule is Cc1cc2c(cc3n2CC(C)(C(=O)NC2CCCCC2)N(CCN2CCCC2)C3=O)o1. The van der Waals surface area contributed by atoms with E-state index in [-0.39, 0.29) is 17.9 Å². The van der Waals surface area contributed by atoms with Crippen LogP contribution in [-0.4, -0.2) is 63.9 Å². The van der Waals surface area contributed by atoms with Gasteiger partial charge < -0.3 is 24.1 Å². The van der Waals surface area contributed by atoms with Crippen LogP contribution >= 0.6 is 0 Å². The highest BCUT2D eigenvalue weighted by molar-refractivity contribution is 6.03. The van der Waals surface area contributed by atoms with Gasteiger partial charge in [-0.15, -0.1) is 0 Å². The van der Waals surface area contributed by atoms with Crippen molar-refractivity contribution < 1.29 is 14.0 Å². The zero-order valence-corrected chi connectivity index (χ0v) is 18.8. The molecule has 1 saturated carbocycles. The monoisotopic (exact) mass is 426 g/mol. The summed E-state index contributed by atoms with van der Waals surface area (Å²) in [5, 5.41) is 3.30. The van der Waals surface area contributed by atoms with Gasteiger partial charge in [0.1, 0.15) is 17.0 Å². The van der Waals surface area contributed by atoms with Crippen LogP contribution in [0.5, 0.6) is 0 Å². The lowest BCUT2D eigenvalue weighted by molar-refractivity contribution is -0.133. The van der Waals surface area contributed by atoms with E-state index < -0.39 is 5.54 Å². The fraction of sp³-hybridized carbons (Fsp3) is 0.667. The van der Waals surface area contributed by atoms with Crippen LogP contribution in [0, 0.1) is 6.92 Å². The van der Waals surface area contributed by atoms with E-state index in [0.29, 0.717) is 18.8 Å². The maximum Gasteiger partial charge on any atom is 0.271 e. The van der Waals surface area contributed by atoms with Crippen LogP contribution in [0.25, 0.3) is 11.1 Å². The molecule has 31 heavy (non-hydrogen) atoms. The Morgan fingerprint density at radius 2 is 1.87 bits per heavy atom. The number of carbonyl (C=O) groups is 2. The molecule has 0 bridgehead atoms. The van der Waals surface area contributed by atoms with Gasteiger partial charge in [-0.25, -0.2) is 0 Å². The molecule has 7 nitrogen and oxygen atoms in total. The van der Waals surface area contributed by atoms with Crippen molar-refractivity contribution in [1.82, 2.24) is 19.7 Å². The normalized spacial score (nSPS) is 25.4. The molecule has 4 heterocycles. The van der Waals surface area contributed by atoms with Crippen molar-refractivity contribution in [3.63, 3.8) is 0 Å². The highest BCUT2D eigenvalue weighted by atomic mass is 16.3. The molecule has 0 radical (unpaired) electrons. The molecular weight excluding hydrogens is 392 g/mol. The van der Waals surface area contributed by atoms with Crippen molar-refractivity contribution in [3.05, 3.63) is 23.6 Å². The van der Waals surface area contributed by atoms with Crippen LogP contribution in [0.4, 0.5) is 0 Å². The minimum Gasteiger partial charge on any atom is -0.460 e. The number of nitrogens with one attached hydrogen (secondary N) is 1. The molecule has 2 fully saturated rings. The van der Waals surface area contributed by atoms with Crippen LogP contribution < -0.4 is 5.32 Å². The minimum atomic E-state index is -0.918. The van der Waals surface area contributed by atoms with E-state index in [2.05, 4.69) is 10.2 Å². The van der Waals surface area contributed by atoms with Gasteiger partial charge >= 0.3 is 0 Å². The average molecular weight is 427 g/mol. The van der Waals surface area contributed by atoms with Gasteiger partial charge in [0.15, 0.2) is 5.58 Å². The molecule has 5 rings (SSSR count). The molecule has 1 N–H and O–H groups in total. The Hall–Kier alpha value is -2.28. The van der Waals surface area contributed by atoms with E-state index in [0.717, 1.165) is 62.2 Å². The zero-order chi connectivity index (χ0) is 21.6. The molecule has 168 valence electrons.